The lowest BCUT2D eigenvalue weighted by Crippen LogP contribution is -2.26. The Morgan fingerprint density at radius 1 is 1.39 bits per heavy atom. The number of nitrogens with zero attached hydrogens (tertiary/aromatic N) is 3. The Bertz CT molecular complexity index is 584. The highest BCUT2D eigenvalue weighted by molar-refractivity contribution is 5.86. The van der Waals surface area contributed by atoms with Crippen LogP contribution in [0.25, 0.3) is 11.0 Å². The van der Waals surface area contributed by atoms with Gasteiger partial charge in [-0.3, -0.25) is 0 Å². The van der Waals surface area contributed by atoms with E-state index in [0.717, 1.165) is 5.39 Å². The van der Waals surface area contributed by atoms with Crippen LogP contribution in [-0.4, -0.2) is 33.3 Å². The minimum atomic E-state index is -0.551. The highest BCUT2D eigenvalue weighted by Crippen LogP contribution is 2.17. The third kappa shape index (κ3) is 2.42. The van der Waals surface area contributed by atoms with E-state index in [1.165, 1.54) is 11.7 Å². The number of carbonyl (C=O) groups excluding carboxylic acids is 1. The molecule has 2 aromatic rings. The van der Waals surface area contributed by atoms with Crippen LogP contribution < -0.4 is 4.74 Å². The van der Waals surface area contributed by atoms with Crippen molar-refractivity contribution in [3.63, 3.8) is 0 Å². The van der Waals surface area contributed by atoms with Crippen molar-refractivity contribution in [2.45, 2.75) is 26.4 Å². The van der Waals surface area contributed by atoms with E-state index in [2.05, 4.69) is 9.97 Å². The maximum absolute atomic E-state index is 12.0. The van der Waals surface area contributed by atoms with Crippen molar-refractivity contribution in [3.8, 4) is 6.01 Å². The van der Waals surface area contributed by atoms with Crippen LogP contribution in [0.4, 0.5) is 4.79 Å². The topological polar surface area (TPSA) is 66.2 Å². The number of carbonyl (C=O) groups is 1. The van der Waals surface area contributed by atoms with Gasteiger partial charge >= 0.3 is 12.1 Å². The molecule has 0 radical (unpaired) electrons. The molecular weight excluding hydrogens is 234 g/mol. The number of rotatable bonds is 1. The molecule has 0 N–H and O–H groups in total. The summed E-state index contributed by atoms with van der Waals surface area (Å²) in [5.74, 6) is 0. The Labute approximate surface area is 105 Å². The molecule has 6 heteroatoms. The van der Waals surface area contributed by atoms with Crippen molar-refractivity contribution >= 4 is 17.1 Å². The summed E-state index contributed by atoms with van der Waals surface area (Å²) in [5, 5.41) is 0.752. The van der Waals surface area contributed by atoms with Gasteiger partial charge in [0.1, 0.15) is 5.60 Å². The minimum absolute atomic E-state index is 0.214. The first kappa shape index (κ1) is 12.3. The number of fused-ring (bicyclic) bond motifs is 1. The second-order valence-electron chi connectivity index (χ2n) is 4.80. The lowest BCUT2D eigenvalue weighted by molar-refractivity contribution is 0.0543. The molecule has 0 saturated heterocycles. The average Bonchev–Trinajstić information content (AvgIpc) is 2.69. The van der Waals surface area contributed by atoms with Crippen molar-refractivity contribution in [3.05, 3.63) is 18.5 Å². The summed E-state index contributed by atoms with van der Waals surface area (Å²) >= 11 is 0. The van der Waals surface area contributed by atoms with Crippen LogP contribution in [0, 0.1) is 0 Å². The van der Waals surface area contributed by atoms with E-state index in [1.807, 2.05) is 20.8 Å². The zero-order valence-corrected chi connectivity index (χ0v) is 10.8. The highest BCUT2D eigenvalue weighted by Gasteiger charge is 2.19. The molecule has 0 unspecified atom stereocenters. The molecule has 0 bridgehead atoms. The van der Waals surface area contributed by atoms with Crippen molar-refractivity contribution in [2.75, 3.05) is 7.11 Å². The zero-order valence-electron chi connectivity index (χ0n) is 10.8. The number of aromatic nitrogens is 3. The van der Waals surface area contributed by atoms with Gasteiger partial charge in [-0.1, -0.05) is 0 Å². The molecule has 2 aromatic heterocycles. The van der Waals surface area contributed by atoms with Gasteiger partial charge in [0, 0.05) is 17.8 Å². The Morgan fingerprint density at radius 3 is 2.72 bits per heavy atom. The van der Waals surface area contributed by atoms with E-state index < -0.39 is 11.7 Å². The first-order valence-electron chi connectivity index (χ1n) is 5.52. The highest BCUT2D eigenvalue weighted by atomic mass is 16.6. The van der Waals surface area contributed by atoms with E-state index in [4.69, 9.17) is 9.47 Å². The predicted molar refractivity (Wildman–Crippen MR) is 65.7 cm³/mol. The largest absolute Gasteiger partial charge is 0.467 e. The molecule has 6 nitrogen and oxygen atoms in total. The molecule has 0 aromatic carbocycles. The summed E-state index contributed by atoms with van der Waals surface area (Å²) in [6.07, 6.45) is 2.73. The van der Waals surface area contributed by atoms with Crippen LogP contribution in [0.2, 0.25) is 0 Å². The normalized spacial score (nSPS) is 11.6. The quantitative estimate of drug-likeness (QED) is 0.775. The molecule has 0 amide bonds. The summed E-state index contributed by atoms with van der Waals surface area (Å²) in [6, 6.07) is 1.96. The monoisotopic (exact) mass is 249 g/mol. The Hall–Kier alpha value is -2.11. The fraction of sp³-hybridized carbons (Fsp3) is 0.417. The van der Waals surface area contributed by atoms with E-state index in [9.17, 15) is 4.79 Å². The SMILES string of the molecule is COc1ncc2ccn(C(=O)OC(C)(C)C)c2n1. The van der Waals surface area contributed by atoms with E-state index in [-0.39, 0.29) is 6.01 Å². The smallest absolute Gasteiger partial charge is 0.420 e. The van der Waals surface area contributed by atoms with Gasteiger partial charge in [0.05, 0.1) is 7.11 Å². The molecule has 2 heterocycles. The molecular formula is C12H15N3O3. The Morgan fingerprint density at radius 2 is 2.11 bits per heavy atom. The van der Waals surface area contributed by atoms with Crippen molar-refractivity contribution in [1.82, 2.24) is 14.5 Å². The van der Waals surface area contributed by atoms with Crippen LogP contribution in [-0.2, 0) is 4.74 Å². The molecule has 0 aliphatic carbocycles. The summed E-state index contributed by atoms with van der Waals surface area (Å²) < 4.78 is 11.6. The molecule has 96 valence electrons. The van der Waals surface area contributed by atoms with Gasteiger partial charge in [0.2, 0.25) is 0 Å². The molecule has 0 aliphatic rings. The molecule has 0 spiro atoms. The minimum Gasteiger partial charge on any atom is -0.467 e. The predicted octanol–water partition coefficient (Wildman–Crippen LogP) is 2.22. The molecule has 0 saturated carbocycles. The van der Waals surface area contributed by atoms with Crippen LogP contribution in [0.1, 0.15) is 20.8 Å². The summed E-state index contributed by atoms with van der Waals surface area (Å²) in [5.41, 5.74) is -0.0822. The van der Waals surface area contributed by atoms with Crippen LogP contribution in [0.5, 0.6) is 6.01 Å². The number of hydrogen-bond donors (Lipinski definition) is 0. The first-order valence-corrected chi connectivity index (χ1v) is 5.52. The summed E-state index contributed by atoms with van der Waals surface area (Å²) in [4.78, 5) is 20.1. The van der Waals surface area contributed by atoms with Crippen molar-refractivity contribution in [2.24, 2.45) is 0 Å². The van der Waals surface area contributed by atoms with Gasteiger partial charge in [-0.15, -0.1) is 0 Å². The third-order valence-electron chi connectivity index (χ3n) is 2.18. The van der Waals surface area contributed by atoms with Gasteiger partial charge in [-0.05, 0) is 26.8 Å². The fourth-order valence-electron chi connectivity index (χ4n) is 1.46. The van der Waals surface area contributed by atoms with Gasteiger partial charge in [-0.2, -0.15) is 4.98 Å². The number of methoxy groups -OCH3 is 1. The third-order valence-corrected chi connectivity index (χ3v) is 2.18. The van der Waals surface area contributed by atoms with Crippen molar-refractivity contribution in [1.29, 1.82) is 0 Å². The van der Waals surface area contributed by atoms with E-state index >= 15 is 0 Å². The standard InChI is InChI=1S/C12H15N3O3/c1-12(2,3)18-11(16)15-6-5-8-7-13-10(17-4)14-9(8)15/h5-7H,1-4H3. The summed E-state index contributed by atoms with van der Waals surface area (Å²) in [7, 11) is 1.47. The molecule has 0 aliphatic heterocycles. The van der Waals surface area contributed by atoms with Crippen LogP contribution in [0.3, 0.4) is 0 Å². The Kier molecular flexibility index (Phi) is 2.94. The fourth-order valence-corrected chi connectivity index (χ4v) is 1.46. The average molecular weight is 249 g/mol. The first-order chi connectivity index (χ1) is 8.40. The molecule has 2 rings (SSSR count). The van der Waals surface area contributed by atoms with Gasteiger partial charge in [0.15, 0.2) is 5.65 Å². The van der Waals surface area contributed by atoms with E-state index in [1.54, 1.807) is 18.5 Å². The molecule has 0 fully saturated rings. The lowest BCUT2D eigenvalue weighted by Gasteiger charge is -2.19. The number of ether oxygens (including phenoxy) is 2. The van der Waals surface area contributed by atoms with Gasteiger partial charge in [-0.25, -0.2) is 14.3 Å². The second-order valence-corrected chi connectivity index (χ2v) is 4.80. The van der Waals surface area contributed by atoms with Crippen LogP contribution >= 0.6 is 0 Å². The second kappa shape index (κ2) is 4.29. The zero-order chi connectivity index (χ0) is 13.3. The van der Waals surface area contributed by atoms with E-state index in [0.29, 0.717) is 5.65 Å². The Balaban J connectivity index is 2.42. The number of hydrogen-bond acceptors (Lipinski definition) is 5. The maximum Gasteiger partial charge on any atom is 0.420 e. The van der Waals surface area contributed by atoms with Gasteiger partial charge in [0.25, 0.3) is 0 Å². The summed E-state index contributed by atoms with van der Waals surface area (Å²) in [6.45, 7) is 5.43. The lowest BCUT2D eigenvalue weighted by atomic mass is 10.2. The molecule has 18 heavy (non-hydrogen) atoms. The maximum atomic E-state index is 12.0. The van der Waals surface area contributed by atoms with Crippen LogP contribution in [0.15, 0.2) is 18.5 Å². The van der Waals surface area contributed by atoms with Gasteiger partial charge < -0.3 is 9.47 Å². The molecule has 0 atom stereocenters. The van der Waals surface area contributed by atoms with Crippen molar-refractivity contribution < 1.29 is 14.3 Å².